The fourth-order valence-electron chi connectivity index (χ4n) is 8.58. The van der Waals surface area contributed by atoms with Crippen LogP contribution in [0.2, 0.25) is 0 Å². The van der Waals surface area contributed by atoms with E-state index in [4.69, 9.17) is 9.05 Å². The third-order valence-corrected chi connectivity index (χ3v) is 12.6. The molecule has 0 unspecified atom stereocenters. The first-order valence-electron chi connectivity index (χ1n) is 23.6. The van der Waals surface area contributed by atoms with Crippen LogP contribution in [0.25, 0.3) is 45.2 Å². The smallest absolute Gasteiger partial charge is 0.406 e. The maximum atomic E-state index is 12.6. The number of alkyl halides is 6. The molecule has 0 amide bonds. The third-order valence-electron chi connectivity index (χ3n) is 12.6. The van der Waals surface area contributed by atoms with Gasteiger partial charge in [-0.25, -0.2) is 0 Å². The van der Waals surface area contributed by atoms with Crippen molar-refractivity contribution in [2.45, 2.75) is 25.8 Å². The summed E-state index contributed by atoms with van der Waals surface area (Å²) in [6.07, 6.45) is -6.06. The maximum absolute atomic E-state index is 12.6. The van der Waals surface area contributed by atoms with E-state index in [0.29, 0.717) is 58.3 Å². The molecule has 2 aliphatic heterocycles. The molecule has 0 bridgehead atoms. The summed E-state index contributed by atoms with van der Waals surface area (Å²) in [6.45, 7) is 8.68. The lowest BCUT2D eigenvalue weighted by atomic mass is 10.1. The van der Waals surface area contributed by atoms with Crippen LogP contribution in [0, 0.1) is 0 Å². The summed E-state index contributed by atoms with van der Waals surface area (Å²) >= 11 is 0. The molecule has 2 aliphatic rings. The monoisotopic (exact) mass is 1020 g/mol. The van der Waals surface area contributed by atoms with Crippen LogP contribution in [0.15, 0.2) is 164 Å². The molecule has 4 aromatic carbocycles. The van der Waals surface area contributed by atoms with Gasteiger partial charge in [0.1, 0.15) is 22.9 Å². The highest BCUT2D eigenvalue weighted by molar-refractivity contribution is 5.68. The van der Waals surface area contributed by atoms with Gasteiger partial charge in [0, 0.05) is 123 Å². The molecule has 0 spiro atoms. The zero-order valence-electron chi connectivity index (χ0n) is 40.2. The van der Waals surface area contributed by atoms with Crippen LogP contribution in [0.5, 0.6) is 11.5 Å². The van der Waals surface area contributed by atoms with E-state index in [0.717, 1.165) is 74.9 Å². The SMILES string of the molecule is CN1CCN(c2cccc(Cn3cc(-c4cc(-c5ccc(OC(F)(F)F)cc5)no4)ccc3=O)c2)CC1.CN1CCN(c2cccc(Cn3cc(-c4cc(-c5ccc(OC(F)(F)F)cc5)on4)ccc3=O)c2)CC1. The Morgan fingerprint density at radius 1 is 0.473 bits per heavy atom. The zero-order valence-corrected chi connectivity index (χ0v) is 40.2. The molecule has 0 N–H and O–H groups in total. The van der Waals surface area contributed by atoms with Gasteiger partial charge >= 0.3 is 12.7 Å². The number of nitrogens with zero attached hydrogens (tertiary/aromatic N) is 8. The Morgan fingerprint density at radius 3 is 1.32 bits per heavy atom. The second-order valence-corrected chi connectivity index (χ2v) is 18.0. The molecule has 0 radical (unpaired) electrons. The van der Waals surface area contributed by atoms with E-state index in [1.807, 2.05) is 24.3 Å². The van der Waals surface area contributed by atoms with Crippen molar-refractivity contribution >= 4 is 11.4 Å². The van der Waals surface area contributed by atoms with Gasteiger partial charge in [-0.1, -0.05) is 34.6 Å². The van der Waals surface area contributed by atoms with E-state index < -0.39 is 12.7 Å². The molecule has 10 rings (SSSR count). The number of piperazine rings is 2. The molecule has 2 saturated heterocycles. The van der Waals surface area contributed by atoms with E-state index in [9.17, 15) is 35.9 Å². The van der Waals surface area contributed by atoms with Crippen molar-refractivity contribution in [3.63, 3.8) is 0 Å². The lowest BCUT2D eigenvalue weighted by molar-refractivity contribution is -0.275. The fraction of sp³-hybridized carbons (Fsp3) is 0.259. The number of aromatic nitrogens is 4. The lowest BCUT2D eigenvalue weighted by Gasteiger charge is -2.34. The van der Waals surface area contributed by atoms with Gasteiger partial charge in [-0.3, -0.25) is 9.59 Å². The lowest BCUT2D eigenvalue weighted by Crippen LogP contribution is -2.44. The third kappa shape index (κ3) is 13.3. The Bertz CT molecular complexity index is 3060. The second-order valence-electron chi connectivity index (χ2n) is 18.0. The molecule has 74 heavy (non-hydrogen) atoms. The first kappa shape index (κ1) is 50.8. The van der Waals surface area contributed by atoms with Crippen molar-refractivity contribution in [2.75, 3.05) is 76.3 Å². The molecule has 8 aromatic rings. The van der Waals surface area contributed by atoms with Crippen LogP contribution in [-0.2, 0) is 13.1 Å². The van der Waals surface area contributed by atoms with Gasteiger partial charge in [-0.2, -0.15) is 0 Å². The highest BCUT2D eigenvalue weighted by Gasteiger charge is 2.32. The summed E-state index contributed by atoms with van der Waals surface area (Å²) < 4.78 is 96.3. The molecule has 14 nitrogen and oxygen atoms in total. The van der Waals surface area contributed by atoms with Crippen LogP contribution < -0.4 is 30.4 Å². The van der Waals surface area contributed by atoms with E-state index in [1.165, 1.54) is 60.7 Å². The van der Waals surface area contributed by atoms with Gasteiger partial charge in [0.05, 0.1) is 13.1 Å². The predicted molar refractivity (Wildman–Crippen MR) is 267 cm³/mol. The van der Waals surface area contributed by atoms with Crippen molar-refractivity contribution in [3.05, 3.63) is 178 Å². The van der Waals surface area contributed by atoms with Crippen molar-refractivity contribution in [2.24, 2.45) is 0 Å². The van der Waals surface area contributed by atoms with Gasteiger partial charge < -0.3 is 47.3 Å². The molecule has 0 saturated carbocycles. The van der Waals surface area contributed by atoms with E-state index in [2.05, 4.69) is 77.7 Å². The van der Waals surface area contributed by atoms with E-state index in [-0.39, 0.29) is 22.6 Å². The number of hydrogen-bond acceptors (Lipinski definition) is 12. The minimum absolute atomic E-state index is 0.141. The Morgan fingerprint density at radius 2 is 0.865 bits per heavy atom. The predicted octanol–water partition coefficient (Wildman–Crippen LogP) is 9.74. The molecule has 20 heteroatoms. The number of halogens is 6. The van der Waals surface area contributed by atoms with Gasteiger partial charge in [0.25, 0.3) is 11.1 Å². The molecule has 0 aliphatic carbocycles. The average Bonchev–Trinajstić information content (AvgIpc) is 4.08. The number of hydrogen-bond donors (Lipinski definition) is 0. The van der Waals surface area contributed by atoms with Crippen LogP contribution >= 0.6 is 0 Å². The van der Waals surface area contributed by atoms with E-state index in [1.54, 1.807) is 45.8 Å². The number of rotatable bonds is 12. The summed E-state index contributed by atoms with van der Waals surface area (Å²) in [4.78, 5) is 34.5. The molecular weight excluding hydrogens is 971 g/mol. The summed E-state index contributed by atoms with van der Waals surface area (Å²) in [5.74, 6) is 0.181. The number of anilines is 2. The fourth-order valence-corrected chi connectivity index (χ4v) is 8.58. The quantitative estimate of drug-likeness (QED) is 0.108. The van der Waals surface area contributed by atoms with Crippen LogP contribution in [0.3, 0.4) is 0 Å². The van der Waals surface area contributed by atoms with Crippen LogP contribution in [0.4, 0.5) is 37.7 Å². The standard InChI is InChI=1S/2C27H25F3N4O3/c1-32-11-13-33(14-12-32)22-4-2-3-19(15-22)17-34-18-21(7-10-26(34)35)24-16-25(37-31-24)20-5-8-23(9-6-20)36-27(28,29)30;1-32-11-13-33(14-12-32)22-4-2-3-19(15-22)17-34-18-21(7-10-26(34)35)25-16-24(31-37-25)20-5-8-23(9-6-20)36-27(28,29)30/h2*2-10,15-16,18H,11-14,17H2,1H3. The Labute approximate surface area is 420 Å². The van der Waals surface area contributed by atoms with Gasteiger partial charge in [0.2, 0.25) is 0 Å². The first-order chi connectivity index (χ1) is 35.5. The van der Waals surface area contributed by atoms with Crippen molar-refractivity contribution in [3.8, 4) is 56.7 Å². The molecule has 384 valence electrons. The van der Waals surface area contributed by atoms with Gasteiger partial charge in [-0.15, -0.1) is 26.3 Å². The Kier molecular flexibility index (Phi) is 15.1. The first-order valence-corrected chi connectivity index (χ1v) is 23.6. The maximum Gasteiger partial charge on any atom is 0.573 e. The molecular formula is C54H50F6N8O6. The number of pyridine rings is 2. The molecule has 0 atom stereocenters. The molecule has 2 fully saturated rings. The highest BCUT2D eigenvalue weighted by atomic mass is 19.4. The van der Waals surface area contributed by atoms with Crippen LogP contribution in [-0.4, -0.2) is 108 Å². The minimum atomic E-state index is -4.75. The number of likely N-dealkylation sites (N-methyl/N-ethyl adjacent to an activating group) is 2. The Balaban J connectivity index is 0.000000182. The second kappa shape index (κ2) is 21.9. The van der Waals surface area contributed by atoms with Crippen molar-refractivity contribution < 1.29 is 44.9 Å². The Hall–Kier alpha value is -8.10. The normalized spacial score (nSPS) is 14.6. The summed E-state index contributed by atoms with van der Waals surface area (Å²) in [5, 5.41) is 8.13. The average molecular weight is 1020 g/mol. The minimum Gasteiger partial charge on any atom is -0.406 e. The summed E-state index contributed by atoms with van der Waals surface area (Å²) in [6, 6.07) is 36.8. The highest BCUT2D eigenvalue weighted by Crippen LogP contribution is 2.31. The number of benzene rings is 4. The largest absolute Gasteiger partial charge is 0.573 e. The topological polar surface area (TPSA) is 127 Å². The van der Waals surface area contributed by atoms with Gasteiger partial charge in [-0.05, 0) is 110 Å². The van der Waals surface area contributed by atoms with Crippen molar-refractivity contribution in [1.82, 2.24) is 29.2 Å². The molecule has 4 aromatic heterocycles. The van der Waals surface area contributed by atoms with Crippen molar-refractivity contribution in [1.29, 1.82) is 0 Å². The van der Waals surface area contributed by atoms with Gasteiger partial charge in [0.15, 0.2) is 11.5 Å². The van der Waals surface area contributed by atoms with Crippen LogP contribution in [0.1, 0.15) is 11.1 Å². The summed E-state index contributed by atoms with van der Waals surface area (Å²) in [5.41, 5.74) is 7.42. The zero-order chi connectivity index (χ0) is 52.0. The summed E-state index contributed by atoms with van der Waals surface area (Å²) in [7, 11) is 4.24. The number of ether oxygens (including phenoxy) is 2. The van der Waals surface area contributed by atoms with E-state index >= 15 is 0 Å². The molecule has 6 heterocycles.